The molecular formula is C22H21N5O2. The van der Waals surface area contributed by atoms with E-state index in [0.717, 1.165) is 29.4 Å². The molecule has 2 aromatic carbocycles. The van der Waals surface area contributed by atoms with Crippen molar-refractivity contribution in [1.82, 2.24) is 25.0 Å². The van der Waals surface area contributed by atoms with E-state index in [4.69, 9.17) is 4.52 Å². The molecule has 0 unspecified atom stereocenters. The van der Waals surface area contributed by atoms with Gasteiger partial charge in [-0.3, -0.25) is 4.79 Å². The third kappa shape index (κ3) is 3.63. The van der Waals surface area contributed by atoms with Gasteiger partial charge in [-0.05, 0) is 36.6 Å². The van der Waals surface area contributed by atoms with Gasteiger partial charge in [-0.15, -0.1) is 0 Å². The summed E-state index contributed by atoms with van der Waals surface area (Å²) in [4.78, 5) is 26.2. The normalized spacial score (nSPS) is 17.2. The number of nitrogens with one attached hydrogen (secondary N) is 1. The van der Waals surface area contributed by atoms with Crippen molar-refractivity contribution in [3.63, 3.8) is 0 Å². The lowest BCUT2D eigenvalue weighted by atomic mass is 9.97. The summed E-state index contributed by atoms with van der Waals surface area (Å²) in [5.74, 6) is 1.42. The molecule has 1 saturated heterocycles. The third-order valence-corrected chi connectivity index (χ3v) is 5.48. The molecular weight excluding hydrogens is 366 g/mol. The number of hydrogen-bond donors (Lipinski definition) is 1. The fourth-order valence-corrected chi connectivity index (χ4v) is 3.83. The van der Waals surface area contributed by atoms with Crippen LogP contribution in [0, 0.1) is 0 Å². The Kier molecular flexibility index (Phi) is 4.56. The van der Waals surface area contributed by atoms with Crippen LogP contribution in [0.2, 0.25) is 0 Å². The predicted octanol–water partition coefficient (Wildman–Crippen LogP) is 3.56. The summed E-state index contributed by atoms with van der Waals surface area (Å²) in [6, 6.07) is 16.1. The van der Waals surface area contributed by atoms with Crippen molar-refractivity contribution in [2.75, 3.05) is 13.1 Å². The lowest BCUT2D eigenvalue weighted by molar-refractivity contribution is -0.133. The van der Waals surface area contributed by atoms with Gasteiger partial charge in [0, 0.05) is 25.1 Å². The second-order valence-corrected chi connectivity index (χ2v) is 7.40. The average Bonchev–Trinajstić information content (AvgIpc) is 3.43. The van der Waals surface area contributed by atoms with Crippen molar-refractivity contribution in [1.29, 1.82) is 0 Å². The zero-order valence-electron chi connectivity index (χ0n) is 15.9. The van der Waals surface area contributed by atoms with Crippen LogP contribution >= 0.6 is 0 Å². The van der Waals surface area contributed by atoms with Crippen molar-refractivity contribution in [2.24, 2.45) is 0 Å². The molecule has 0 radical (unpaired) electrons. The van der Waals surface area contributed by atoms with Gasteiger partial charge in [-0.25, -0.2) is 4.98 Å². The van der Waals surface area contributed by atoms with E-state index in [1.165, 1.54) is 5.56 Å². The van der Waals surface area contributed by atoms with Gasteiger partial charge in [-0.2, -0.15) is 4.98 Å². The number of imidazole rings is 1. The lowest BCUT2D eigenvalue weighted by Gasteiger charge is -2.31. The molecule has 1 N–H and O–H groups in total. The van der Waals surface area contributed by atoms with E-state index >= 15 is 0 Å². The SMILES string of the molecule is O=C1CC[C@@H](c2nc(-c3ccc4nc[nH]c4c3)no2)CN1CCc1ccccc1. The first-order valence-corrected chi connectivity index (χ1v) is 9.85. The van der Waals surface area contributed by atoms with Gasteiger partial charge < -0.3 is 14.4 Å². The summed E-state index contributed by atoms with van der Waals surface area (Å²) in [6.07, 6.45) is 3.76. The number of aromatic nitrogens is 4. The second kappa shape index (κ2) is 7.50. The molecule has 0 bridgehead atoms. The van der Waals surface area contributed by atoms with Crippen LogP contribution in [0.15, 0.2) is 59.4 Å². The number of carbonyl (C=O) groups excluding carboxylic acids is 1. The summed E-state index contributed by atoms with van der Waals surface area (Å²) in [5, 5.41) is 4.17. The maximum absolute atomic E-state index is 12.4. The van der Waals surface area contributed by atoms with Gasteiger partial charge in [0.05, 0.1) is 23.3 Å². The number of benzene rings is 2. The first kappa shape index (κ1) is 17.6. The molecule has 1 atom stereocenters. The molecule has 146 valence electrons. The summed E-state index contributed by atoms with van der Waals surface area (Å²) < 4.78 is 5.57. The Morgan fingerprint density at radius 3 is 2.97 bits per heavy atom. The molecule has 0 aliphatic carbocycles. The molecule has 1 fully saturated rings. The second-order valence-electron chi connectivity index (χ2n) is 7.40. The van der Waals surface area contributed by atoms with Gasteiger partial charge in [0.15, 0.2) is 0 Å². The molecule has 3 heterocycles. The highest BCUT2D eigenvalue weighted by Gasteiger charge is 2.30. The van der Waals surface area contributed by atoms with Crippen LogP contribution in [-0.2, 0) is 11.2 Å². The first-order chi connectivity index (χ1) is 14.3. The first-order valence-electron chi connectivity index (χ1n) is 9.85. The van der Waals surface area contributed by atoms with Gasteiger partial charge >= 0.3 is 0 Å². The fraction of sp³-hybridized carbons (Fsp3) is 0.273. The minimum Gasteiger partial charge on any atom is -0.345 e. The average molecular weight is 387 g/mol. The monoisotopic (exact) mass is 387 g/mol. The Bertz CT molecular complexity index is 1130. The minimum atomic E-state index is 0.0700. The largest absolute Gasteiger partial charge is 0.345 e. The number of carbonyl (C=O) groups is 1. The Morgan fingerprint density at radius 2 is 2.07 bits per heavy atom. The van der Waals surface area contributed by atoms with E-state index < -0.39 is 0 Å². The Balaban J connectivity index is 1.30. The van der Waals surface area contributed by atoms with Crippen LogP contribution < -0.4 is 0 Å². The Labute approximate surface area is 167 Å². The number of nitrogens with zero attached hydrogens (tertiary/aromatic N) is 4. The quantitative estimate of drug-likeness (QED) is 0.566. The zero-order chi connectivity index (χ0) is 19.6. The molecule has 1 aliphatic heterocycles. The van der Waals surface area contributed by atoms with Gasteiger partial charge in [0.25, 0.3) is 0 Å². The number of H-pyrrole nitrogens is 1. The minimum absolute atomic E-state index is 0.0700. The summed E-state index contributed by atoms with van der Waals surface area (Å²) in [6.45, 7) is 1.32. The van der Waals surface area contributed by atoms with Crippen molar-refractivity contribution < 1.29 is 9.32 Å². The molecule has 7 nitrogen and oxygen atoms in total. The Hall–Kier alpha value is -3.48. The van der Waals surface area contributed by atoms with Crippen molar-refractivity contribution >= 4 is 16.9 Å². The van der Waals surface area contributed by atoms with Crippen molar-refractivity contribution in [3.8, 4) is 11.4 Å². The number of likely N-dealkylation sites (tertiary alicyclic amines) is 1. The van der Waals surface area contributed by atoms with E-state index in [1.54, 1.807) is 6.33 Å². The number of hydrogen-bond acceptors (Lipinski definition) is 5. The van der Waals surface area contributed by atoms with E-state index in [1.807, 2.05) is 41.3 Å². The molecule has 5 rings (SSSR count). The molecule has 0 saturated carbocycles. The molecule has 0 spiro atoms. The van der Waals surface area contributed by atoms with E-state index in [0.29, 0.717) is 31.2 Å². The number of aromatic amines is 1. The molecule has 2 aromatic heterocycles. The van der Waals surface area contributed by atoms with Gasteiger partial charge in [-0.1, -0.05) is 35.5 Å². The summed E-state index contributed by atoms with van der Waals surface area (Å²) in [7, 11) is 0. The number of piperidine rings is 1. The highest BCUT2D eigenvalue weighted by Crippen LogP contribution is 2.29. The molecule has 29 heavy (non-hydrogen) atoms. The number of rotatable bonds is 5. The van der Waals surface area contributed by atoms with E-state index in [-0.39, 0.29) is 11.8 Å². The summed E-state index contributed by atoms with van der Waals surface area (Å²) in [5.41, 5.74) is 3.95. The lowest BCUT2D eigenvalue weighted by Crippen LogP contribution is -2.40. The summed E-state index contributed by atoms with van der Waals surface area (Å²) >= 11 is 0. The fourth-order valence-electron chi connectivity index (χ4n) is 3.83. The molecule has 1 amide bonds. The number of fused-ring (bicyclic) bond motifs is 1. The van der Waals surface area contributed by atoms with Gasteiger partial charge in [0.1, 0.15) is 0 Å². The standard InChI is InChI=1S/C22H21N5O2/c28-20-9-7-17(13-27(20)11-10-15-4-2-1-3-5-15)22-25-21(26-29-22)16-6-8-18-19(12-16)24-14-23-18/h1-6,8,12,14,17H,7,9-11,13H2,(H,23,24)/t17-/m1/s1. The van der Waals surface area contributed by atoms with Crippen LogP contribution in [0.5, 0.6) is 0 Å². The van der Waals surface area contributed by atoms with Crippen molar-refractivity contribution in [3.05, 3.63) is 66.3 Å². The van der Waals surface area contributed by atoms with Crippen LogP contribution in [0.4, 0.5) is 0 Å². The van der Waals surface area contributed by atoms with Crippen LogP contribution in [-0.4, -0.2) is 44.0 Å². The predicted molar refractivity (Wildman–Crippen MR) is 108 cm³/mol. The number of amides is 1. The van der Waals surface area contributed by atoms with E-state index in [9.17, 15) is 4.79 Å². The highest BCUT2D eigenvalue weighted by molar-refractivity contribution is 5.80. The maximum atomic E-state index is 12.4. The molecule has 7 heteroatoms. The third-order valence-electron chi connectivity index (χ3n) is 5.48. The highest BCUT2D eigenvalue weighted by atomic mass is 16.5. The van der Waals surface area contributed by atoms with Crippen LogP contribution in [0.25, 0.3) is 22.4 Å². The zero-order valence-corrected chi connectivity index (χ0v) is 15.9. The Morgan fingerprint density at radius 1 is 1.17 bits per heavy atom. The molecule has 1 aliphatic rings. The van der Waals surface area contributed by atoms with E-state index in [2.05, 4.69) is 32.2 Å². The van der Waals surface area contributed by atoms with Crippen molar-refractivity contribution in [2.45, 2.75) is 25.2 Å². The topological polar surface area (TPSA) is 87.9 Å². The smallest absolute Gasteiger partial charge is 0.231 e. The molecule has 4 aromatic rings. The van der Waals surface area contributed by atoms with Gasteiger partial charge in [0.2, 0.25) is 17.6 Å². The van der Waals surface area contributed by atoms with Crippen LogP contribution in [0.1, 0.15) is 30.2 Å². The van der Waals surface area contributed by atoms with Crippen LogP contribution in [0.3, 0.4) is 0 Å². The maximum Gasteiger partial charge on any atom is 0.231 e.